The molecular formula is C19H22N2O6S. The van der Waals surface area contributed by atoms with E-state index in [1.807, 2.05) is 0 Å². The van der Waals surface area contributed by atoms with Crippen molar-refractivity contribution >= 4 is 34.7 Å². The van der Waals surface area contributed by atoms with E-state index in [1.165, 1.54) is 27.4 Å². The highest BCUT2D eigenvalue weighted by molar-refractivity contribution is 7.80. The summed E-state index contributed by atoms with van der Waals surface area (Å²) in [6.07, 6.45) is 0. The Morgan fingerprint density at radius 1 is 0.786 bits per heavy atom. The summed E-state index contributed by atoms with van der Waals surface area (Å²) < 4.78 is 25.9. The lowest BCUT2D eigenvalue weighted by Gasteiger charge is -2.17. The van der Waals surface area contributed by atoms with Gasteiger partial charge in [-0.1, -0.05) is 0 Å². The zero-order valence-corrected chi connectivity index (χ0v) is 17.1. The van der Waals surface area contributed by atoms with E-state index in [2.05, 4.69) is 10.6 Å². The number of carbonyl (C=O) groups is 1. The lowest BCUT2D eigenvalue weighted by atomic mass is 10.1. The summed E-state index contributed by atoms with van der Waals surface area (Å²) in [5, 5.41) is 6.23. The minimum Gasteiger partial charge on any atom is -0.497 e. The number of thiocarbonyl (C=S) groups is 1. The van der Waals surface area contributed by atoms with Gasteiger partial charge in [-0.3, -0.25) is 0 Å². The predicted molar refractivity (Wildman–Crippen MR) is 110 cm³/mol. The fourth-order valence-corrected chi connectivity index (χ4v) is 2.67. The molecule has 0 saturated carbocycles. The van der Waals surface area contributed by atoms with Gasteiger partial charge in [-0.25, -0.2) is 4.79 Å². The highest BCUT2D eigenvalue weighted by Crippen LogP contribution is 2.34. The van der Waals surface area contributed by atoms with Crippen LogP contribution in [0, 0.1) is 0 Å². The molecule has 0 saturated heterocycles. The molecule has 0 unspecified atom stereocenters. The molecule has 0 aliphatic carbocycles. The number of ether oxygens (including phenoxy) is 5. The molecule has 2 aromatic carbocycles. The summed E-state index contributed by atoms with van der Waals surface area (Å²) in [6.45, 7) is 0. The van der Waals surface area contributed by atoms with Crippen molar-refractivity contribution in [3.05, 3.63) is 35.9 Å². The minimum atomic E-state index is -0.551. The first kappa shape index (κ1) is 21.1. The molecule has 0 amide bonds. The summed E-state index contributed by atoms with van der Waals surface area (Å²) >= 11 is 5.39. The fraction of sp³-hybridized carbons (Fsp3) is 0.263. The molecule has 0 heterocycles. The first-order valence-electron chi connectivity index (χ1n) is 8.11. The van der Waals surface area contributed by atoms with Crippen molar-refractivity contribution in [2.75, 3.05) is 46.2 Å². The largest absolute Gasteiger partial charge is 0.497 e. The van der Waals surface area contributed by atoms with Crippen LogP contribution in [0.4, 0.5) is 11.4 Å². The number of nitrogens with one attached hydrogen (secondary N) is 2. The van der Waals surface area contributed by atoms with Crippen molar-refractivity contribution < 1.29 is 28.5 Å². The van der Waals surface area contributed by atoms with Gasteiger partial charge in [0.25, 0.3) is 0 Å². The summed E-state index contributed by atoms with van der Waals surface area (Å²) in [5.74, 6) is 1.48. The molecule has 0 atom stereocenters. The van der Waals surface area contributed by atoms with Gasteiger partial charge in [0.05, 0.1) is 52.5 Å². The van der Waals surface area contributed by atoms with Crippen LogP contribution in [0.2, 0.25) is 0 Å². The first-order valence-corrected chi connectivity index (χ1v) is 8.52. The van der Waals surface area contributed by atoms with Crippen molar-refractivity contribution in [3.63, 3.8) is 0 Å². The van der Waals surface area contributed by atoms with E-state index in [0.29, 0.717) is 34.4 Å². The summed E-state index contributed by atoms with van der Waals surface area (Å²) in [4.78, 5) is 12.2. The SMILES string of the molecule is COC(=O)c1cc(OC)c(OC)cc1NC(=S)Nc1cc(OC)ccc1OC. The van der Waals surface area contributed by atoms with Gasteiger partial charge in [0.1, 0.15) is 11.5 Å². The third-order valence-corrected chi connectivity index (χ3v) is 4.04. The van der Waals surface area contributed by atoms with Crippen LogP contribution >= 0.6 is 12.2 Å². The maximum Gasteiger partial charge on any atom is 0.340 e. The van der Waals surface area contributed by atoms with Gasteiger partial charge in [0.15, 0.2) is 16.6 Å². The van der Waals surface area contributed by atoms with Crippen LogP contribution in [0.5, 0.6) is 23.0 Å². The molecule has 0 spiro atoms. The Kier molecular flexibility index (Phi) is 7.28. The molecule has 150 valence electrons. The molecule has 9 heteroatoms. The topological polar surface area (TPSA) is 87.3 Å². The maximum absolute atomic E-state index is 12.2. The first-order chi connectivity index (χ1) is 13.5. The smallest absolute Gasteiger partial charge is 0.340 e. The number of rotatable bonds is 7. The van der Waals surface area contributed by atoms with Crippen molar-refractivity contribution in [2.24, 2.45) is 0 Å². The van der Waals surface area contributed by atoms with Gasteiger partial charge >= 0.3 is 5.97 Å². The number of benzene rings is 2. The van der Waals surface area contributed by atoms with E-state index in [4.69, 9.17) is 35.9 Å². The van der Waals surface area contributed by atoms with E-state index in [-0.39, 0.29) is 10.7 Å². The Hall–Kier alpha value is -3.20. The quantitative estimate of drug-likeness (QED) is 0.531. The molecular weight excluding hydrogens is 384 g/mol. The zero-order chi connectivity index (χ0) is 20.7. The van der Waals surface area contributed by atoms with Crippen LogP contribution < -0.4 is 29.6 Å². The van der Waals surface area contributed by atoms with Gasteiger partial charge in [-0.2, -0.15) is 0 Å². The van der Waals surface area contributed by atoms with Crippen molar-refractivity contribution in [1.82, 2.24) is 0 Å². The highest BCUT2D eigenvalue weighted by atomic mass is 32.1. The number of esters is 1. The normalized spacial score (nSPS) is 9.89. The second-order valence-electron chi connectivity index (χ2n) is 5.39. The Balaban J connectivity index is 2.34. The van der Waals surface area contributed by atoms with Crippen molar-refractivity contribution in [1.29, 1.82) is 0 Å². The molecule has 0 aliphatic heterocycles. The van der Waals surface area contributed by atoms with E-state index >= 15 is 0 Å². The summed E-state index contributed by atoms with van der Waals surface area (Å²) in [5.41, 5.74) is 1.23. The zero-order valence-electron chi connectivity index (χ0n) is 16.2. The summed E-state index contributed by atoms with van der Waals surface area (Å²) in [6, 6.07) is 8.37. The highest BCUT2D eigenvalue weighted by Gasteiger charge is 2.18. The second kappa shape index (κ2) is 9.65. The van der Waals surface area contributed by atoms with Crippen LogP contribution in [0.15, 0.2) is 30.3 Å². The lowest BCUT2D eigenvalue weighted by Crippen LogP contribution is -2.21. The van der Waals surface area contributed by atoms with E-state index in [1.54, 1.807) is 38.5 Å². The second-order valence-corrected chi connectivity index (χ2v) is 5.80. The van der Waals surface area contributed by atoms with Gasteiger partial charge in [0, 0.05) is 18.2 Å². The number of hydrogen-bond acceptors (Lipinski definition) is 7. The molecule has 28 heavy (non-hydrogen) atoms. The van der Waals surface area contributed by atoms with E-state index in [9.17, 15) is 4.79 Å². The van der Waals surface area contributed by atoms with Crippen LogP contribution in [-0.4, -0.2) is 46.6 Å². The van der Waals surface area contributed by atoms with Gasteiger partial charge < -0.3 is 34.3 Å². The third kappa shape index (κ3) is 4.74. The molecule has 0 radical (unpaired) electrons. The van der Waals surface area contributed by atoms with E-state index in [0.717, 1.165) is 0 Å². The third-order valence-electron chi connectivity index (χ3n) is 3.83. The number of hydrogen-bond donors (Lipinski definition) is 2. The monoisotopic (exact) mass is 406 g/mol. The molecule has 0 aliphatic rings. The van der Waals surface area contributed by atoms with Crippen molar-refractivity contribution in [3.8, 4) is 23.0 Å². The lowest BCUT2D eigenvalue weighted by molar-refractivity contribution is 0.0601. The maximum atomic E-state index is 12.2. The minimum absolute atomic E-state index is 0.226. The average Bonchev–Trinajstić information content (AvgIpc) is 2.72. The van der Waals surface area contributed by atoms with Crippen LogP contribution in [0.25, 0.3) is 0 Å². The molecule has 0 aromatic heterocycles. The molecule has 2 aromatic rings. The van der Waals surface area contributed by atoms with Crippen molar-refractivity contribution in [2.45, 2.75) is 0 Å². The van der Waals surface area contributed by atoms with Crippen LogP contribution in [0.1, 0.15) is 10.4 Å². The summed E-state index contributed by atoms with van der Waals surface area (Å²) in [7, 11) is 7.38. The Bertz CT molecular complexity index is 872. The Labute approximate surface area is 168 Å². The average molecular weight is 406 g/mol. The molecule has 8 nitrogen and oxygen atoms in total. The molecule has 0 fully saturated rings. The van der Waals surface area contributed by atoms with Gasteiger partial charge in [-0.15, -0.1) is 0 Å². The number of anilines is 2. The van der Waals surface area contributed by atoms with Crippen LogP contribution in [0.3, 0.4) is 0 Å². The predicted octanol–water partition coefficient (Wildman–Crippen LogP) is 3.32. The fourth-order valence-electron chi connectivity index (χ4n) is 2.45. The van der Waals surface area contributed by atoms with Gasteiger partial charge in [0.2, 0.25) is 0 Å². The van der Waals surface area contributed by atoms with E-state index < -0.39 is 5.97 Å². The molecule has 2 N–H and O–H groups in total. The standard InChI is InChI=1S/C19H22N2O6S/c1-23-11-6-7-15(24-2)14(8-11)21-19(28)20-13-10-17(26-4)16(25-3)9-12(13)18(22)27-5/h6-10H,1-5H3,(H2,20,21,28). The number of methoxy groups -OCH3 is 5. The van der Waals surface area contributed by atoms with Gasteiger partial charge in [-0.05, 0) is 24.4 Å². The Morgan fingerprint density at radius 2 is 1.39 bits per heavy atom. The van der Waals surface area contributed by atoms with Crippen LogP contribution in [-0.2, 0) is 4.74 Å². The number of carbonyl (C=O) groups excluding carboxylic acids is 1. The molecule has 2 rings (SSSR count). The Morgan fingerprint density at radius 3 is 1.96 bits per heavy atom. The molecule has 0 bridgehead atoms.